The van der Waals surface area contributed by atoms with Crippen molar-refractivity contribution in [3.8, 4) is 12.1 Å². The van der Waals surface area contributed by atoms with E-state index in [-0.39, 0.29) is 17.5 Å². The first kappa shape index (κ1) is 12.3. The van der Waals surface area contributed by atoms with Gasteiger partial charge in [0.15, 0.2) is 17.0 Å². The van der Waals surface area contributed by atoms with Crippen LogP contribution in [-0.2, 0) is 9.59 Å². The van der Waals surface area contributed by atoms with Gasteiger partial charge in [-0.25, -0.2) is 0 Å². The topological polar surface area (TPSA) is 81.7 Å². The molecule has 0 spiro atoms. The van der Waals surface area contributed by atoms with Crippen LogP contribution in [0.1, 0.15) is 25.7 Å². The largest absolute Gasteiger partial charge is 0.295 e. The quantitative estimate of drug-likeness (QED) is 0.737. The summed E-state index contributed by atoms with van der Waals surface area (Å²) in [5.74, 6) is -0.314. The standard InChI is InChI=1S/C14H12N2O2/c15-8-14(9-16,11-3-6-13(18)7-11)10-1-4-12(17)5-2-10/h1,4,7,10H,2-3,5-6H2. The highest BCUT2D eigenvalue weighted by atomic mass is 16.1. The van der Waals surface area contributed by atoms with E-state index in [2.05, 4.69) is 12.1 Å². The Morgan fingerprint density at radius 3 is 2.28 bits per heavy atom. The van der Waals surface area contributed by atoms with Crippen molar-refractivity contribution in [1.82, 2.24) is 0 Å². The maximum absolute atomic E-state index is 11.3. The SMILES string of the molecule is N#CC(C#N)(C1=CC(=O)CC1)C1C=CC(=O)CC1. The van der Waals surface area contributed by atoms with Crippen LogP contribution < -0.4 is 0 Å². The van der Waals surface area contributed by atoms with Crippen molar-refractivity contribution >= 4 is 11.6 Å². The molecule has 0 aromatic rings. The molecule has 18 heavy (non-hydrogen) atoms. The van der Waals surface area contributed by atoms with Gasteiger partial charge in [0.1, 0.15) is 0 Å². The fourth-order valence-electron chi connectivity index (χ4n) is 2.54. The third-order valence-corrected chi connectivity index (χ3v) is 3.61. The van der Waals surface area contributed by atoms with E-state index in [9.17, 15) is 20.1 Å². The lowest BCUT2D eigenvalue weighted by Crippen LogP contribution is -2.30. The van der Waals surface area contributed by atoms with E-state index in [1.54, 1.807) is 6.08 Å². The second-order valence-electron chi connectivity index (χ2n) is 4.64. The van der Waals surface area contributed by atoms with Gasteiger partial charge in [0, 0.05) is 18.8 Å². The van der Waals surface area contributed by atoms with Crippen molar-refractivity contribution in [2.75, 3.05) is 0 Å². The Balaban J connectivity index is 2.40. The van der Waals surface area contributed by atoms with Gasteiger partial charge in [0.25, 0.3) is 0 Å². The van der Waals surface area contributed by atoms with Gasteiger partial charge in [-0.05, 0) is 30.6 Å². The van der Waals surface area contributed by atoms with Gasteiger partial charge < -0.3 is 0 Å². The van der Waals surface area contributed by atoms with Crippen LogP contribution in [0.5, 0.6) is 0 Å². The Kier molecular flexibility index (Phi) is 3.12. The third kappa shape index (κ3) is 1.87. The van der Waals surface area contributed by atoms with E-state index >= 15 is 0 Å². The Morgan fingerprint density at radius 2 is 1.83 bits per heavy atom. The molecule has 0 radical (unpaired) electrons. The molecule has 0 saturated heterocycles. The normalized spacial score (nSPS) is 23.4. The number of ketones is 2. The van der Waals surface area contributed by atoms with Crippen molar-refractivity contribution < 1.29 is 9.59 Å². The highest BCUT2D eigenvalue weighted by Crippen LogP contribution is 2.43. The maximum Gasteiger partial charge on any atom is 0.171 e. The molecule has 0 aliphatic heterocycles. The molecular weight excluding hydrogens is 228 g/mol. The summed E-state index contributed by atoms with van der Waals surface area (Å²) in [5, 5.41) is 18.8. The van der Waals surface area contributed by atoms with Crippen LogP contribution >= 0.6 is 0 Å². The van der Waals surface area contributed by atoms with Gasteiger partial charge in [-0.1, -0.05) is 6.08 Å². The summed E-state index contributed by atoms with van der Waals surface area (Å²) in [4.78, 5) is 22.5. The number of hydrogen-bond acceptors (Lipinski definition) is 4. The van der Waals surface area contributed by atoms with Gasteiger partial charge in [-0.15, -0.1) is 0 Å². The molecule has 0 heterocycles. The zero-order valence-corrected chi connectivity index (χ0v) is 9.85. The molecule has 2 aliphatic carbocycles. The van der Waals surface area contributed by atoms with Crippen molar-refractivity contribution in [2.24, 2.45) is 11.3 Å². The molecule has 4 nitrogen and oxygen atoms in total. The van der Waals surface area contributed by atoms with Crippen molar-refractivity contribution in [2.45, 2.75) is 25.7 Å². The van der Waals surface area contributed by atoms with Crippen LogP contribution in [0.4, 0.5) is 0 Å². The predicted octanol–water partition coefficient (Wildman–Crippen LogP) is 1.84. The first-order valence-corrected chi connectivity index (χ1v) is 5.90. The minimum Gasteiger partial charge on any atom is -0.295 e. The van der Waals surface area contributed by atoms with Crippen molar-refractivity contribution in [3.63, 3.8) is 0 Å². The lowest BCUT2D eigenvalue weighted by atomic mass is 9.68. The second kappa shape index (κ2) is 4.58. The average molecular weight is 240 g/mol. The number of allylic oxidation sites excluding steroid dienone is 4. The number of carbonyl (C=O) groups is 2. The van der Waals surface area contributed by atoms with E-state index < -0.39 is 5.41 Å². The summed E-state index contributed by atoms with van der Waals surface area (Å²) in [5.41, 5.74) is -0.690. The highest BCUT2D eigenvalue weighted by molar-refractivity contribution is 5.94. The van der Waals surface area contributed by atoms with E-state index in [1.165, 1.54) is 12.2 Å². The number of nitrogens with zero attached hydrogens (tertiary/aromatic N) is 2. The third-order valence-electron chi connectivity index (χ3n) is 3.61. The average Bonchev–Trinajstić information content (AvgIpc) is 2.81. The summed E-state index contributed by atoms with van der Waals surface area (Å²) in [6.07, 6.45) is 6.19. The highest BCUT2D eigenvalue weighted by Gasteiger charge is 2.44. The summed E-state index contributed by atoms with van der Waals surface area (Å²) in [6, 6.07) is 4.14. The van der Waals surface area contributed by atoms with Crippen molar-refractivity contribution in [3.05, 3.63) is 23.8 Å². The lowest BCUT2D eigenvalue weighted by molar-refractivity contribution is -0.115. The first-order valence-electron chi connectivity index (χ1n) is 5.90. The molecule has 0 fully saturated rings. The molecule has 90 valence electrons. The molecule has 0 aromatic carbocycles. The van der Waals surface area contributed by atoms with Gasteiger partial charge in [0.05, 0.1) is 12.1 Å². The first-order chi connectivity index (χ1) is 8.62. The molecule has 2 aliphatic rings. The summed E-state index contributed by atoms with van der Waals surface area (Å²) >= 11 is 0. The number of carbonyl (C=O) groups excluding carboxylic acids is 2. The van der Waals surface area contributed by atoms with Crippen LogP contribution in [-0.4, -0.2) is 11.6 Å². The molecule has 0 saturated carbocycles. The van der Waals surface area contributed by atoms with Gasteiger partial charge >= 0.3 is 0 Å². The minimum absolute atomic E-state index is 0.0208. The predicted molar refractivity (Wildman–Crippen MR) is 62.9 cm³/mol. The van der Waals surface area contributed by atoms with E-state index in [0.717, 1.165) is 0 Å². The molecule has 0 N–H and O–H groups in total. The summed E-state index contributed by atoms with van der Waals surface area (Å²) < 4.78 is 0. The zero-order valence-electron chi connectivity index (χ0n) is 9.85. The lowest BCUT2D eigenvalue weighted by Gasteiger charge is -2.29. The number of hydrogen-bond donors (Lipinski definition) is 0. The maximum atomic E-state index is 11.3. The molecule has 0 bridgehead atoms. The van der Waals surface area contributed by atoms with Crippen LogP contribution in [0.25, 0.3) is 0 Å². The van der Waals surface area contributed by atoms with E-state index in [1.807, 2.05) is 0 Å². The fourth-order valence-corrected chi connectivity index (χ4v) is 2.54. The van der Waals surface area contributed by atoms with E-state index in [4.69, 9.17) is 0 Å². The minimum atomic E-state index is -1.29. The van der Waals surface area contributed by atoms with Crippen LogP contribution in [0.2, 0.25) is 0 Å². The zero-order chi connectivity index (χ0) is 13.2. The summed E-state index contributed by atoms with van der Waals surface area (Å²) in [6.45, 7) is 0. The fraction of sp³-hybridized carbons (Fsp3) is 0.429. The van der Waals surface area contributed by atoms with E-state index in [0.29, 0.717) is 31.3 Å². The number of rotatable bonds is 2. The Morgan fingerprint density at radius 1 is 1.11 bits per heavy atom. The molecule has 0 amide bonds. The number of nitriles is 2. The Hall–Kier alpha value is -2.20. The van der Waals surface area contributed by atoms with Crippen molar-refractivity contribution in [1.29, 1.82) is 10.5 Å². The van der Waals surface area contributed by atoms with Gasteiger partial charge in [-0.2, -0.15) is 10.5 Å². The summed E-state index contributed by atoms with van der Waals surface area (Å²) in [7, 11) is 0. The molecule has 1 unspecified atom stereocenters. The van der Waals surface area contributed by atoms with Gasteiger partial charge in [0.2, 0.25) is 0 Å². The molecular formula is C14H12N2O2. The Bertz CT molecular complexity index is 529. The van der Waals surface area contributed by atoms with Crippen LogP contribution in [0.3, 0.4) is 0 Å². The molecule has 2 rings (SSSR count). The van der Waals surface area contributed by atoms with Crippen LogP contribution in [0, 0.1) is 34.0 Å². The van der Waals surface area contributed by atoms with Crippen LogP contribution in [0.15, 0.2) is 23.8 Å². The monoisotopic (exact) mass is 240 g/mol. The molecule has 1 atom stereocenters. The Labute approximate surface area is 105 Å². The molecule has 0 aromatic heterocycles. The molecule has 4 heteroatoms. The van der Waals surface area contributed by atoms with Gasteiger partial charge in [-0.3, -0.25) is 9.59 Å². The second-order valence-corrected chi connectivity index (χ2v) is 4.64. The smallest absolute Gasteiger partial charge is 0.171 e.